The minimum atomic E-state index is 0.909. The minimum absolute atomic E-state index is 0.909. The van der Waals surface area contributed by atoms with Crippen molar-refractivity contribution in [2.45, 2.75) is 12.8 Å². The Morgan fingerprint density at radius 1 is 1.21 bits per heavy atom. The van der Waals surface area contributed by atoms with Crippen molar-refractivity contribution in [2.24, 2.45) is 5.92 Å². The lowest BCUT2D eigenvalue weighted by Gasteiger charge is -2.35. The molecular weight excluding hydrogens is 174 g/mol. The molecule has 2 heterocycles. The van der Waals surface area contributed by atoms with Crippen LogP contribution in [0.4, 0.5) is 0 Å². The Bertz CT molecular complexity index is 158. The second kappa shape index (κ2) is 5.10. The summed E-state index contributed by atoms with van der Waals surface area (Å²) in [7, 11) is 2.22. The summed E-state index contributed by atoms with van der Waals surface area (Å²) < 4.78 is 0. The van der Waals surface area contributed by atoms with E-state index in [1.165, 1.54) is 58.7 Å². The molecule has 2 rings (SSSR count). The van der Waals surface area contributed by atoms with Crippen molar-refractivity contribution in [2.75, 3.05) is 52.9 Å². The van der Waals surface area contributed by atoms with Gasteiger partial charge in [0.1, 0.15) is 0 Å². The number of piperidine rings is 1. The van der Waals surface area contributed by atoms with Crippen molar-refractivity contribution in [1.29, 1.82) is 0 Å². The van der Waals surface area contributed by atoms with Crippen LogP contribution in [0.15, 0.2) is 0 Å². The quantitative estimate of drug-likeness (QED) is 0.684. The highest BCUT2D eigenvalue weighted by atomic mass is 15.2. The van der Waals surface area contributed by atoms with Crippen LogP contribution in [0.2, 0.25) is 0 Å². The number of likely N-dealkylation sites (N-methyl/N-ethyl adjacent to an activating group) is 1. The molecule has 0 spiro atoms. The van der Waals surface area contributed by atoms with E-state index in [0.717, 1.165) is 5.92 Å². The first-order chi connectivity index (χ1) is 6.84. The van der Waals surface area contributed by atoms with Crippen LogP contribution in [0, 0.1) is 5.92 Å². The van der Waals surface area contributed by atoms with Crippen LogP contribution in [-0.2, 0) is 0 Å². The summed E-state index contributed by atoms with van der Waals surface area (Å²) >= 11 is 0. The predicted octanol–water partition coefficient (Wildman–Crippen LogP) is 0.233. The summed E-state index contributed by atoms with van der Waals surface area (Å²) in [6.07, 6.45) is 2.80. The monoisotopic (exact) mass is 197 g/mol. The molecule has 0 radical (unpaired) electrons. The SMILES string of the molecule is CN1CCN(C[C@H]2CCCNC2)CC1. The molecule has 2 aliphatic heterocycles. The highest BCUT2D eigenvalue weighted by Gasteiger charge is 2.19. The van der Waals surface area contributed by atoms with Crippen LogP contribution in [0.25, 0.3) is 0 Å². The number of nitrogens with zero attached hydrogens (tertiary/aromatic N) is 2. The molecule has 82 valence electrons. The highest BCUT2D eigenvalue weighted by Crippen LogP contribution is 2.12. The van der Waals surface area contributed by atoms with Gasteiger partial charge < -0.3 is 15.1 Å². The van der Waals surface area contributed by atoms with Gasteiger partial charge in [-0.15, -0.1) is 0 Å². The summed E-state index contributed by atoms with van der Waals surface area (Å²) in [5, 5.41) is 3.50. The number of hydrogen-bond acceptors (Lipinski definition) is 3. The molecular formula is C11H23N3. The van der Waals surface area contributed by atoms with Crippen molar-refractivity contribution in [1.82, 2.24) is 15.1 Å². The molecule has 0 aromatic rings. The van der Waals surface area contributed by atoms with Gasteiger partial charge in [0.15, 0.2) is 0 Å². The molecule has 0 saturated carbocycles. The van der Waals surface area contributed by atoms with Crippen molar-refractivity contribution >= 4 is 0 Å². The lowest BCUT2D eigenvalue weighted by atomic mass is 9.99. The average molecular weight is 197 g/mol. The lowest BCUT2D eigenvalue weighted by Crippen LogP contribution is -2.47. The summed E-state index contributed by atoms with van der Waals surface area (Å²) in [6, 6.07) is 0. The zero-order chi connectivity index (χ0) is 9.80. The van der Waals surface area contributed by atoms with Gasteiger partial charge in [-0.25, -0.2) is 0 Å². The highest BCUT2D eigenvalue weighted by molar-refractivity contribution is 4.76. The van der Waals surface area contributed by atoms with Crippen LogP contribution in [0.5, 0.6) is 0 Å². The topological polar surface area (TPSA) is 18.5 Å². The summed E-state index contributed by atoms with van der Waals surface area (Å²) in [5.74, 6) is 0.909. The first-order valence-electron chi connectivity index (χ1n) is 5.96. The van der Waals surface area contributed by atoms with Gasteiger partial charge in [0.05, 0.1) is 0 Å². The van der Waals surface area contributed by atoms with E-state index in [-0.39, 0.29) is 0 Å². The Balaban J connectivity index is 1.68. The molecule has 1 atom stereocenters. The van der Waals surface area contributed by atoms with Gasteiger partial charge in [-0.3, -0.25) is 0 Å². The Kier molecular flexibility index (Phi) is 3.79. The fourth-order valence-electron chi connectivity index (χ4n) is 2.48. The maximum Gasteiger partial charge on any atom is 0.0110 e. The zero-order valence-corrected chi connectivity index (χ0v) is 9.34. The van der Waals surface area contributed by atoms with E-state index in [0.29, 0.717) is 0 Å². The van der Waals surface area contributed by atoms with Gasteiger partial charge in [0.2, 0.25) is 0 Å². The standard InChI is InChI=1S/C11H23N3/c1-13-5-7-14(8-6-13)10-11-3-2-4-12-9-11/h11-12H,2-10H2,1H3/t11-/m0/s1. The maximum absolute atomic E-state index is 3.50. The van der Waals surface area contributed by atoms with Crippen molar-refractivity contribution < 1.29 is 0 Å². The van der Waals surface area contributed by atoms with E-state index in [4.69, 9.17) is 0 Å². The van der Waals surface area contributed by atoms with Gasteiger partial charge in [-0.1, -0.05) is 0 Å². The van der Waals surface area contributed by atoms with E-state index in [1.807, 2.05) is 0 Å². The number of piperazine rings is 1. The fourth-order valence-corrected chi connectivity index (χ4v) is 2.48. The van der Waals surface area contributed by atoms with Crippen molar-refractivity contribution in [3.05, 3.63) is 0 Å². The molecule has 3 nitrogen and oxygen atoms in total. The van der Waals surface area contributed by atoms with Crippen LogP contribution in [0.3, 0.4) is 0 Å². The van der Waals surface area contributed by atoms with Gasteiger partial charge in [0.25, 0.3) is 0 Å². The van der Waals surface area contributed by atoms with E-state index in [1.54, 1.807) is 0 Å². The van der Waals surface area contributed by atoms with E-state index in [9.17, 15) is 0 Å². The predicted molar refractivity (Wildman–Crippen MR) is 59.5 cm³/mol. The van der Waals surface area contributed by atoms with Crippen molar-refractivity contribution in [3.63, 3.8) is 0 Å². The molecule has 0 bridgehead atoms. The number of hydrogen-bond donors (Lipinski definition) is 1. The van der Waals surface area contributed by atoms with E-state index in [2.05, 4.69) is 22.2 Å². The van der Waals surface area contributed by atoms with Crippen molar-refractivity contribution in [3.8, 4) is 0 Å². The summed E-state index contributed by atoms with van der Waals surface area (Å²) in [5.41, 5.74) is 0. The first-order valence-corrected chi connectivity index (χ1v) is 5.96. The minimum Gasteiger partial charge on any atom is -0.316 e. The Morgan fingerprint density at radius 2 is 2.00 bits per heavy atom. The summed E-state index contributed by atoms with van der Waals surface area (Å²) in [4.78, 5) is 5.06. The Morgan fingerprint density at radius 3 is 2.64 bits per heavy atom. The fraction of sp³-hybridized carbons (Fsp3) is 1.00. The number of rotatable bonds is 2. The van der Waals surface area contributed by atoms with Gasteiger partial charge in [-0.2, -0.15) is 0 Å². The van der Waals surface area contributed by atoms with Gasteiger partial charge >= 0.3 is 0 Å². The first kappa shape index (κ1) is 10.4. The molecule has 1 N–H and O–H groups in total. The average Bonchev–Trinajstić information content (AvgIpc) is 2.23. The van der Waals surface area contributed by atoms with Crippen LogP contribution >= 0.6 is 0 Å². The molecule has 14 heavy (non-hydrogen) atoms. The molecule has 0 aliphatic carbocycles. The molecule has 0 amide bonds. The smallest absolute Gasteiger partial charge is 0.0110 e. The molecule has 0 aromatic heterocycles. The number of nitrogens with one attached hydrogen (secondary N) is 1. The van der Waals surface area contributed by atoms with Gasteiger partial charge in [-0.05, 0) is 38.9 Å². The van der Waals surface area contributed by atoms with E-state index < -0.39 is 0 Å². The van der Waals surface area contributed by atoms with Gasteiger partial charge in [0, 0.05) is 32.7 Å². The molecule has 3 heteroatoms. The Labute approximate surface area is 87.4 Å². The molecule has 0 aromatic carbocycles. The molecule has 2 fully saturated rings. The molecule has 2 aliphatic rings. The van der Waals surface area contributed by atoms with Crippen LogP contribution < -0.4 is 5.32 Å². The third-order valence-corrected chi connectivity index (χ3v) is 3.51. The third-order valence-electron chi connectivity index (χ3n) is 3.51. The van der Waals surface area contributed by atoms with Crippen LogP contribution in [-0.4, -0.2) is 62.7 Å². The largest absolute Gasteiger partial charge is 0.316 e. The normalized spacial score (nSPS) is 31.9. The maximum atomic E-state index is 3.50. The Hall–Kier alpha value is -0.120. The van der Waals surface area contributed by atoms with Crippen LogP contribution in [0.1, 0.15) is 12.8 Å². The third kappa shape index (κ3) is 2.94. The lowest BCUT2D eigenvalue weighted by molar-refractivity contribution is 0.129. The zero-order valence-electron chi connectivity index (χ0n) is 9.34. The molecule has 2 saturated heterocycles. The second-order valence-corrected chi connectivity index (χ2v) is 4.82. The van der Waals surface area contributed by atoms with E-state index >= 15 is 0 Å². The molecule has 0 unspecified atom stereocenters. The second-order valence-electron chi connectivity index (χ2n) is 4.82. The summed E-state index contributed by atoms with van der Waals surface area (Å²) in [6.45, 7) is 8.84.